The lowest BCUT2D eigenvalue weighted by atomic mass is 9.90. The molecule has 1 aromatic carbocycles. The zero-order chi connectivity index (χ0) is 16.8. The maximum absolute atomic E-state index is 4.64. The van der Waals surface area contributed by atoms with Crippen molar-refractivity contribution in [1.82, 2.24) is 9.88 Å². The summed E-state index contributed by atoms with van der Waals surface area (Å²) in [5.41, 5.74) is 2.58. The van der Waals surface area contributed by atoms with Crippen molar-refractivity contribution in [3.8, 4) is 0 Å². The molecular formula is C22H30N2. The third kappa shape index (κ3) is 4.24. The number of hydrogen-bond acceptors (Lipinski definition) is 2. The molecule has 0 radical (unpaired) electrons. The molecule has 1 fully saturated rings. The Bertz CT molecular complexity index is 546. The molecule has 0 amide bonds. The van der Waals surface area contributed by atoms with Crippen LogP contribution in [0.2, 0.25) is 0 Å². The van der Waals surface area contributed by atoms with Gasteiger partial charge in [-0.25, -0.2) is 0 Å². The van der Waals surface area contributed by atoms with Gasteiger partial charge in [-0.1, -0.05) is 42.8 Å². The zero-order valence-electron chi connectivity index (χ0n) is 15.1. The van der Waals surface area contributed by atoms with Crippen molar-refractivity contribution in [2.75, 3.05) is 6.54 Å². The van der Waals surface area contributed by atoms with Crippen LogP contribution in [0.15, 0.2) is 54.7 Å². The lowest BCUT2D eigenvalue weighted by Gasteiger charge is -2.39. The SMILES string of the molecule is CC1CCCC(C)N1CCCC(c1ccccc1)c1ccccn1. The number of rotatable bonds is 6. The van der Waals surface area contributed by atoms with Gasteiger partial charge in [0.1, 0.15) is 0 Å². The van der Waals surface area contributed by atoms with Crippen LogP contribution in [0.3, 0.4) is 0 Å². The summed E-state index contributed by atoms with van der Waals surface area (Å²) in [6.45, 7) is 5.99. The molecule has 2 nitrogen and oxygen atoms in total. The Hall–Kier alpha value is -1.67. The Labute approximate surface area is 146 Å². The number of pyridine rings is 1. The monoisotopic (exact) mass is 322 g/mol. The van der Waals surface area contributed by atoms with E-state index in [1.54, 1.807) is 0 Å². The average molecular weight is 322 g/mol. The van der Waals surface area contributed by atoms with Crippen molar-refractivity contribution in [3.63, 3.8) is 0 Å². The Kier molecular flexibility index (Phi) is 6.03. The van der Waals surface area contributed by atoms with Crippen LogP contribution in [0.25, 0.3) is 0 Å². The van der Waals surface area contributed by atoms with E-state index in [4.69, 9.17) is 0 Å². The summed E-state index contributed by atoms with van der Waals surface area (Å²) in [6, 6.07) is 18.6. The third-order valence-electron chi connectivity index (χ3n) is 5.53. The molecule has 0 N–H and O–H groups in total. The lowest BCUT2D eigenvalue weighted by Crippen LogP contribution is -2.44. The van der Waals surface area contributed by atoms with Crippen LogP contribution in [0.5, 0.6) is 0 Å². The van der Waals surface area contributed by atoms with E-state index in [0.717, 1.165) is 18.5 Å². The number of aromatic nitrogens is 1. The zero-order valence-corrected chi connectivity index (χ0v) is 15.1. The summed E-state index contributed by atoms with van der Waals surface area (Å²) >= 11 is 0. The molecule has 1 aliphatic rings. The van der Waals surface area contributed by atoms with Crippen molar-refractivity contribution < 1.29 is 0 Å². The van der Waals surface area contributed by atoms with E-state index < -0.39 is 0 Å². The fraction of sp³-hybridized carbons (Fsp3) is 0.500. The Morgan fingerprint density at radius 3 is 2.38 bits per heavy atom. The smallest absolute Gasteiger partial charge is 0.0478 e. The van der Waals surface area contributed by atoms with Crippen molar-refractivity contribution in [1.29, 1.82) is 0 Å². The van der Waals surface area contributed by atoms with E-state index in [2.05, 4.69) is 66.2 Å². The highest BCUT2D eigenvalue weighted by molar-refractivity contribution is 5.28. The minimum absolute atomic E-state index is 0.405. The molecule has 24 heavy (non-hydrogen) atoms. The number of benzene rings is 1. The first-order chi connectivity index (χ1) is 11.8. The van der Waals surface area contributed by atoms with Crippen LogP contribution in [0.1, 0.15) is 63.1 Å². The molecule has 3 rings (SSSR count). The van der Waals surface area contributed by atoms with Gasteiger partial charge < -0.3 is 0 Å². The molecule has 128 valence electrons. The van der Waals surface area contributed by atoms with Crippen LogP contribution in [-0.4, -0.2) is 28.5 Å². The second-order valence-corrected chi connectivity index (χ2v) is 7.23. The number of hydrogen-bond donors (Lipinski definition) is 0. The van der Waals surface area contributed by atoms with Gasteiger partial charge in [0.2, 0.25) is 0 Å². The van der Waals surface area contributed by atoms with Crippen LogP contribution < -0.4 is 0 Å². The van der Waals surface area contributed by atoms with Gasteiger partial charge in [0, 0.05) is 29.9 Å². The first-order valence-electron chi connectivity index (χ1n) is 9.47. The summed E-state index contributed by atoms with van der Waals surface area (Å²) < 4.78 is 0. The van der Waals surface area contributed by atoms with Gasteiger partial charge in [-0.2, -0.15) is 0 Å². The predicted molar refractivity (Wildman–Crippen MR) is 101 cm³/mol. The second-order valence-electron chi connectivity index (χ2n) is 7.23. The third-order valence-corrected chi connectivity index (χ3v) is 5.53. The molecule has 2 heteroatoms. The summed E-state index contributed by atoms with van der Waals surface area (Å²) in [7, 11) is 0. The highest BCUT2D eigenvalue weighted by Gasteiger charge is 2.24. The van der Waals surface area contributed by atoms with Crippen LogP contribution in [-0.2, 0) is 0 Å². The average Bonchev–Trinajstić information content (AvgIpc) is 2.62. The van der Waals surface area contributed by atoms with Gasteiger partial charge in [-0.15, -0.1) is 0 Å². The van der Waals surface area contributed by atoms with Crippen molar-refractivity contribution in [2.45, 2.75) is 64.0 Å². The van der Waals surface area contributed by atoms with Gasteiger partial charge in [-0.05, 0) is 63.8 Å². The van der Waals surface area contributed by atoms with E-state index in [1.807, 2.05) is 12.3 Å². The van der Waals surface area contributed by atoms with Crippen LogP contribution in [0.4, 0.5) is 0 Å². The molecule has 2 heterocycles. The summed E-state index contributed by atoms with van der Waals surface area (Å²) in [5, 5.41) is 0. The van der Waals surface area contributed by atoms with E-state index in [9.17, 15) is 0 Å². The van der Waals surface area contributed by atoms with E-state index in [1.165, 1.54) is 43.5 Å². The predicted octanol–water partition coefficient (Wildman–Crippen LogP) is 5.26. The molecule has 1 aromatic heterocycles. The van der Waals surface area contributed by atoms with Gasteiger partial charge in [0.05, 0.1) is 0 Å². The highest BCUT2D eigenvalue weighted by Crippen LogP contribution is 2.29. The summed E-state index contributed by atoms with van der Waals surface area (Å²) in [6.07, 6.45) is 8.40. The Morgan fingerprint density at radius 2 is 1.71 bits per heavy atom. The molecule has 3 atom stereocenters. The molecule has 1 aliphatic heterocycles. The van der Waals surface area contributed by atoms with Gasteiger partial charge in [-0.3, -0.25) is 9.88 Å². The van der Waals surface area contributed by atoms with E-state index in [0.29, 0.717) is 5.92 Å². The topological polar surface area (TPSA) is 16.1 Å². The first-order valence-corrected chi connectivity index (χ1v) is 9.47. The molecule has 1 saturated heterocycles. The van der Waals surface area contributed by atoms with Crippen LogP contribution >= 0.6 is 0 Å². The van der Waals surface area contributed by atoms with Crippen molar-refractivity contribution >= 4 is 0 Å². The van der Waals surface area contributed by atoms with Crippen molar-refractivity contribution in [3.05, 3.63) is 66.0 Å². The van der Waals surface area contributed by atoms with Gasteiger partial charge in [0.25, 0.3) is 0 Å². The van der Waals surface area contributed by atoms with Gasteiger partial charge >= 0.3 is 0 Å². The molecule has 0 bridgehead atoms. The maximum Gasteiger partial charge on any atom is 0.0478 e. The molecule has 0 spiro atoms. The first kappa shape index (κ1) is 17.2. The normalized spacial score (nSPS) is 23.1. The minimum Gasteiger partial charge on any atom is -0.298 e. The molecule has 0 aliphatic carbocycles. The summed E-state index contributed by atoms with van der Waals surface area (Å²) in [4.78, 5) is 7.35. The standard InChI is InChI=1S/C22H30N2/c1-18-10-8-11-19(2)24(18)17-9-14-21(20-12-4-3-5-13-20)22-15-6-7-16-23-22/h3-7,12-13,15-16,18-19,21H,8-11,14,17H2,1-2H3. The molecule has 3 unspecified atom stereocenters. The highest BCUT2D eigenvalue weighted by atomic mass is 15.2. The molecular weight excluding hydrogens is 292 g/mol. The fourth-order valence-electron chi connectivity index (χ4n) is 4.15. The largest absolute Gasteiger partial charge is 0.298 e. The maximum atomic E-state index is 4.64. The van der Waals surface area contributed by atoms with E-state index >= 15 is 0 Å². The number of nitrogens with zero attached hydrogens (tertiary/aromatic N) is 2. The Balaban J connectivity index is 1.67. The molecule has 0 saturated carbocycles. The number of piperidine rings is 1. The molecule has 2 aromatic rings. The fourth-order valence-corrected chi connectivity index (χ4v) is 4.15. The minimum atomic E-state index is 0.405. The quantitative estimate of drug-likeness (QED) is 0.721. The van der Waals surface area contributed by atoms with Gasteiger partial charge in [0.15, 0.2) is 0 Å². The van der Waals surface area contributed by atoms with Crippen molar-refractivity contribution in [2.24, 2.45) is 0 Å². The van der Waals surface area contributed by atoms with Crippen LogP contribution in [0, 0.1) is 0 Å². The number of likely N-dealkylation sites (tertiary alicyclic amines) is 1. The van der Waals surface area contributed by atoms with E-state index in [-0.39, 0.29) is 0 Å². The summed E-state index contributed by atoms with van der Waals surface area (Å²) in [5.74, 6) is 0.405. The lowest BCUT2D eigenvalue weighted by molar-refractivity contribution is 0.101. The second kappa shape index (κ2) is 8.43. The Morgan fingerprint density at radius 1 is 1.00 bits per heavy atom.